The van der Waals surface area contributed by atoms with Gasteiger partial charge in [0.1, 0.15) is 11.6 Å². The van der Waals surface area contributed by atoms with Crippen molar-refractivity contribution in [3.63, 3.8) is 0 Å². The average molecular weight is 377 g/mol. The highest BCUT2D eigenvalue weighted by molar-refractivity contribution is 6.02. The van der Waals surface area contributed by atoms with Gasteiger partial charge in [-0.05, 0) is 35.9 Å². The Labute approximate surface area is 159 Å². The van der Waals surface area contributed by atoms with Crippen LogP contribution in [0.2, 0.25) is 0 Å². The minimum atomic E-state index is -0.383. The first-order valence-corrected chi connectivity index (χ1v) is 8.51. The number of anilines is 1. The van der Waals surface area contributed by atoms with E-state index in [0.717, 1.165) is 11.3 Å². The standard InChI is InChI=1S/C20H16FN5O2/c21-15-6-8-16(9-7-15)28-13-26-11-10-17(25-26)20(27)22-19-12-18(23-24-19)14-4-2-1-3-5-14/h1-12H,13H2,(H2,22,23,24,27). The molecule has 0 fully saturated rings. The maximum Gasteiger partial charge on any atom is 0.277 e. The van der Waals surface area contributed by atoms with Crippen LogP contribution in [0.1, 0.15) is 10.5 Å². The molecule has 0 aliphatic heterocycles. The van der Waals surface area contributed by atoms with Crippen molar-refractivity contribution in [3.8, 4) is 17.0 Å². The van der Waals surface area contributed by atoms with Crippen LogP contribution < -0.4 is 10.1 Å². The molecular formula is C20H16FN5O2. The first kappa shape index (κ1) is 17.5. The average Bonchev–Trinajstić information content (AvgIpc) is 3.38. The predicted molar refractivity (Wildman–Crippen MR) is 101 cm³/mol. The lowest BCUT2D eigenvalue weighted by atomic mass is 10.1. The van der Waals surface area contributed by atoms with Gasteiger partial charge in [0, 0.05) is 12.3 Å². The van der Waals surface area contributed by atoms with Crippen LogP contribution in [-0.2, 0) is 6.73 Å². The van der Waals surface area contributed by atoms with E-state index < -0.39 is 0 Å². The lowest BCUT2D eigenvalue weighted by Gasteiger charge is -2.05. The Balaban J connectivity index is 1.37. The van der Waals surface area contributed by atoms with E-state index in [9.17, 15) is 9.18 Å². The number of H-pyrrole nitrogens is 1. The van der Waals surface area contributed by atoms with Crippen molar-refractivity contribution in [2.75, 3.05) is 5.32 Å². The van der Waals surface area contributed by atoms with Gasteiger partial charge in [0.25, 0.3) is 5.91 Å². The van der Waals surface area contributed by atoms with E-state index in [4.69, 9.17) is 4.74 Å². The van der Waals surface area contributed by atoms with Crippen molar-refractivity contribution in [3.05, 3.63) is 84.4 Å². The number of nitrogens with one attached hydrogen (secondary N) is 2. The molecule has 7 nitrogen and oxygen atoms in total. The van der Waals surface area contributed by atoms with Crippen LogP contribution in [0.15, 0.2) is 72.9 Å². The molecule has 140 valence electrons. The lowest BCUT2D eigenvalue weighted by molar-refractivity contribution is 0.102. The van der Waals surface area contributed by atoms with Crippen LogP contribution in [-0.4, -0.2) is 25.9 Å². The molecule has 0 saturated heterocycles. The summed E-state index contributed by atoms with van der Waals surface area (Å²) < 4.78 is 19.9. The van der Waals surface area contributed by atoms with Gasteiger partial charge in [-0.15, -0.1) is 0 Å². The Morgan fingerprint density at radius 1 is 1.11 bits per heavy atom. The van der Waals surface area contributed by atoms with Gasteiger partial charge in [0.05, 0.1) is 5.69 Å². The number of aromatic amines is 1. The summed E-state index contributed by atoms with van der Waals surface area (Å²) in [6, 6.07) is 18.7. The molecule has 0 bridgehead atoms. The topological polar surface area (TPSA) is 84.8 Å². The minimum absolute atomic E-state index is 0.0967. The van der Waals surface area contributed by atoms with Crippen LogP contribution in [0.5, 0.6) is 5.75 Å². The number of amides is 1. The summed E-state index contributed by atoms with van der Waals surface area (Å²) in [7, 11) is 0. The van der Waals surface area contributed by atoms with Crippen molar-refractivity contribution in [1.82, 2.24) is 20.0 Å². The number of hydrogen-bond acceptors (Lipinski definition) is 4. The monoisotopic (exact) mass is 377 g/mol. The second kappa shape index (κ2) is 7.75. The number of hydrogen-bond donors (Lipinski definition) is 2. The van der Waals surface area contributed by atoms with Crippen molar-refractivity contribution < 1.29 is 13.9 Å². The summed E-state index contributed by atoms with van der Waals surface area (Å²) in [5.74, 6) is 0.194. The molecule has 1 amide bonds. The molecule has 0 spiro atoms. The van der Waals surface area contributed by atoms with Gasteiger partial charge in [-0.2, -0.15) is 10.2 Å². The van der Waals surface area contributed by atoms with E-state index in [1.807, 2.05) is 30.3 Å². The molecule has 2 heterocycles. The molecule has 28 heavy (non-hydrogen) atoms. The van der Waals surface area contributed by atoms with E-state index >= 15 is 0 Å². The Morgan fingerprint density at radius 2 is 1.89 bits per heavy atom. The van der Waals surface area contributed by atoms with Crippen LogP contribution in [0.3, 0.4) is 0 Å². The highest BCUT2D eigenvalue weighted by atomic mass is 19.1. The second-order valence-corrected chi connectivity index (χ2v) is 5.95. The van der Waals surface area contributed by atoms with Gasteiger partial charge in [0.2, 0.25) is 0 Å². The number of halogens is 1. The van der Waals surface area contributed by atoms with Gasteiger partial charge in [0.15, 0.2) is 18.2 Å². The van der Waals surface area contributed by atoms with Crippen LogP contribution in [0, 0.1) is 5.82 Å². The van der Waals surface area contributed by atoms with Gasteiger partial charge < -0.3 is 10.1 Å². The van der Waals surface area contributed by atoms with E-state index in [2.05, 4.69) is 20.6 Å². The fourth-order valence-corrected chi connectivity index (χ4v) is 2.56. The third-order valence-corrected chi connectivity index (χ3v) is 3.95. The van der Waals surface area contributed by atoms with E-state index in [-0.39, 0.29) is 24.1 Å². The van der Waals surface area contributed by atoms with Crippen LogP contribution in [0.25, 0.3) is 11.3 Å². The fourth-order valence-electron chi connectivity index (χ4n) is 2.56. The van der Waals surface area contributed by atoms with Crippen molar-refractivity contribution in [2.24, 2.45) is 0 Å². The molecular weight excluding hydrogens is 361 g/mol. The predicted octanol–water partition coefficient (Wildman–Crippen LogP) is 3.70. The van der Waals surface area contributed by atoms with Crippen molar-refractivity contribution in [2.45, 2.75) is 6.73 Å². The quantitative estimate of drug-likeness (QED) is 0.537. The maximum absolute atomic E-state index is 12.9. The Morgan fingerprint density at radius 3 is 2.68 bits per heavy atom. The molecule has 2 aromatic heterocycles. The summed E-state index contributed by atoms with van der Waals surface area (Å²) >= 11 is 0. The molecule has 2 N–H and O–H groups in total. The summed E-state index contributed by atoms with van der Waals surface area (Å²) in [5, 5.41) is 13.9. The Hall–Kier alpha value is -3.94. The molecule has 4 rings (SSSR count). The van der Waals surface area contributed by atoms with Crippen LogP contribution >= 0.6 is 0 Å². The largest absolute Gasteiger partial charge is 0.471 e. The molecule has 8 heteroatoms. The summed E-state index contributed by atoms with van der Waals surface area (Å²) in [6.07, 6.45) is 1.62. The highest BCUT2D eigenvalue weighted by Crippen LogP contribution is 2.19. The minimum Gasteiger partial charge on any atom is -0.471 e. The normalized spacial score (nSPS) is 10.6. The fraction of sp³-hybridized carbons (Fsp3) is 0.0500. The zero-order valence-electron chi connectivity index (χ0n) is 14.7. The number of carbonyl (C=O) groups is 1. The summed E-state index contributed by atoms with van der Waals surface area (Å²) in [4.78, 5) is 12.4. The van der Waals surface area contributed by atoms with Gasteiger partial charge >= 0.3 is 0 Å². The van der Waals surface area contributed by atoms with Crippen molar-refractivity contribution in [1.29, 1.82) is 0 Å². The third kappa shape index (κ3) is 4.07. The van der Waals surface area contributed by atoms with Gasteiger partial charge in [-0.3, -0.25) is 9.89 Å². The smallest absolute Gasteiger partial charge is 0.277 e. The Kier molecular flexibility index (Phi) is 4.83. The highest BCUT2D eigenvalue weighted by Gasteiger charge is 2.12. The number of carbonyl (C=O) groups excluding carboxylic acids is 1. The van der Waals surface area contributed by atoms with E-state index in [0.29, 0.717) is 11.6 Å². The second-order valence-electron chi connectivity index (χ2n) is 5.95. The number of aromatic nitrogens is 4. The van der Waals surface area contributed by atoms with Gasteiger partial charge in [-0.1, -0.05) is 30.3 Å². The van der Waals surface area contributed by atoms with Crippen molar-refractivity contribution >= 4 is 11.7 Å². The molecule has 0 aliphatic rings. The third-order valence-electron chi connectivity index (χ3n) is 3.95. The van der Waals surface area contributed by atoms with Crippen LogP contribution in [0.4, 0.5) is 10.2 Å². The zero-order valence-corrected chi connectivity index (χ0v) is 14.7. The summed E-state index contributed by atoms with van der Waals surface area (Å²) in [6.45, 7) is 0.0967. The maximum atomic E-state index is 12.9. The molecule has 4 aromatic rings. The number of rotatable bonds is 6. The molecule has 0 atom stereocenters. The van der Waals surface area contributed by atoms with E-state index in [1.54, 1.807) is 18.3 Å². The molecule has 0 unspecified atom stereocenters. The van der Waals surface area contributed by atoms with E-state index in [1.165, 1.54) is 28.9 Å². The molecule has 0 radical (unpaired) electrons. The molecule has 2 aromatic carbocycles. The summed E-state index contributed by atoms with van der Waals surface area (Å²) in [5.41, 5.74) is 2.00. The lowest BCUT2D eigenvalue weighted by Crippen LogP contribution is -2.14. The molecule has 0 saturated carbocycles. The first-order chi connectivity index (χ1) is 13.7. The molecule has 0 aliphatic carbocycles. The Bertz CT molecular complexity index is 1070. The zero-order chi connectivity index (χ0) is 19.3. The number of benzene rings is 2. The first-order valence-electron chi connectivity index (χ1n) is 8.51. The number of nitrogens with zero attached hydrogens (tertiary/aromatic N) is 3. The number of ether oxygens (including phenoxy) is 1. The SMILES string of the molecule is O=C(Nc1cc(-c2ccccc2)[nH]n1)c1ccn(COc2ccc(F)cc2)n1. The van der Waals surface area contributed by atoms with Gasteiger partial charge in [-0.25, -0.2) is 9.07 Å².